The molecule has 1 aromatic carbocycles. The quantitative estimate of drug-likeness (QED) is 0.820. The molecule has 0 bridgehead atoms. The molecule has 5 nitrogen and oxygen atoms in total. The summed E-state index contributed by atoms with van der Waals surface area (Å²) in [6.45, 7) is 3.90. The molecule has 0 spiro atoms. The first-order valence-corrected chi connectivity index (χ1v) is 10.5. The molecule has 7 heteroatoms. The van der Waals surface area contributed by atoms with Crippen LogP contribution in [0, 0.1) is 11.7 Å². The van der Waals surface area contributed by atoms with E-state index in [1.54, 1.807) is 12.3 Å². The van der Waals surface area contributed by atoms with E-state index in [4.69, 9.17) is 0 Å². The maximum Gasteiger partial charge on any atom is 0.267 e. The third-order valence-electron chi connectivity index (χ3n) is 5.38. The molecule has 3 heterocycles. The molecule has 0 radical (unpaired) electrons. The minimum absolute atomic E-state index is 0.276. The van der Waals surface area contributed by atoms with Crippen LogP contribution in [0.3, 0.4) is 0 Å². The number of aromatic nitrogens is 1. The summed E-state index contributed by atoms with van der Waals surface area (Å²) >= 11 is 1.42. The number of piperidine rings is 1. The van der Waals surface area contributed by atoms with E-state index in [9.17, 15) is 9.18 Å². The Balaban J connectivity index is 1.46. The molecular weight excluding hydrogens is 363 g/mol. The van der Waals surface area contributed by atoms with Crippen LogP contribution in [0.2, 0.25) is 0 Å². The number of carbonyl (C=O) groups excluding carboxylic acids is 1. The molecule has 0 atom stereocenters. The Morgan fingerprint density at radius 3 is 2.85 bits per heavy atom. The first-order valence-electron chi connectivity index (χ1n) is 9.71. The molecule has 2 aliphatic rings. The average molecular weight is 389 g/mol. The van der Waals surface area contributed by atoms with Gasteiger partial charge in [0.05, 0.1) is 16.9 Å². The lowest BCUT2D eigenvalue weighted by Gasteiger charge is -2.21. The Morgan fingerprint density at radius 1 is 1.30 bits per heavy atom. The third kappa shape index (κ3) is 4.30. The van der Waals surface area contributed by atoms with Crippen LogP contribution in [0.4, 0.5) is 15.8 Å². The fraction of sp³-hybridized carbons (Fsp3) is 0.500. The van der Waals surface area contributed by atoms with E-state index in [-0.39, 0.29) is 11.6 Å². The van der Waals surface area contributed by atoms with Crippen LogP contribution >= 0.6 is 11.3 Å². The molecule has 0 unspecified atom stereocenters. The second-order valence-electron chi connectivity index (χ2n) is 7.30. The van der Waals surface area contributed by atoms with Gasteiger partial charge in [-0.3, -0.25) is 4.79 Å². The van der Waals surface area contributed by atoms with E-state index in [1.165, 1.54) is 17.4 Å². The minimum Gasteiger partial charge on any atom is -0.370 e. The number of benzene rings is 1. The molecule has 2 aromatic rings. The lowest BCUT2D eigenvalue weighted by atomic mass is 9.95. The first-order chi connectivity index (χ1) is 13.2. The third-order valence-corrected chi connectivity index (χ3v) is 6.39. The van der Waals surface area contributed by atoms with Crippen molar-refractivity contribution in [1.82, 2.24) is 10.3 Å². The second kappa shape index (κ2) is 8.35. The molecule has 2 aliphatic heterocycles. The van der Waals surface area contributed by atoms with E-state index in [1.807, 2.05) is 6.07 Å². The molecular formula is C20H25FN4OS. The fourth-order valence-electron chi connectivity index (χ4n) is 3.88. The standard InChI is InChI=1S/C20H25FN4OS/c21-15-4-3-5-16(25-10-1-2-11-25)19(15)24-20(26)17-13-23-18(27-17)12-14-6-8-22-9-7-14/h3-5,13-14,22H,1-2,6-12H2,(H,24,26). The zero-order valence-corrected chi connectivity index (χ0v) is 16.2. The Hall–Kier alpha value is -1.99. The van der Waals surface area contributed by atoms with Gasteiger partial charge in [-0.2, -0.15) is 0 Å². The molecule has 1 aromatic heterocycles. The SMILES string of the molecule is O=C(Nc1c(F)cccc1N1CCCC1)c1cnc(CC2CCNCC2)s1. The summed E-state index contributed by atoms with van der Waals surface area (Å²) in [5, 5.41) is 7.14. The highest BCUT2D eigenvalue weighted by atomic mass is 32.1. The molecule has 2 fully saturated rings. The maximum absolute atomic E-state index is 14.4. The predicted molar refractivity (Wildman–Crippen MR) is 107 cm³/mol. The zero-order chi connectivity index (χ0) is 18.6. The van der Waals surface area contributed by atoms with E-state index < -0.39 is 5.82 Å². The molecule has 0 aliphatic carbocycles. The number of thiazole rings is 1. The molecule has 1 amide bonds. The van der Waals surface area contributed by atoms with E-state index in [2.05, 4.69) is 20.5 Å². The van der Waals surface area contributed by atoms with Crippen LogP contribution < -0.4 is 15.5 Å². The van der Waals surface area contributed by atoms with Crippen LogP contribution in [-0.2, 0) is 6.42 Å². The topological polar surface area (TPSA) is 57.3 Å². The summed E-state index contributed by atoms with van der Waals surface area (Å²) < 4.78 is 14.4. The van der Waals surface area contributed by atoms with Gasteiger partial charge in [0.2, 0.25) is 0 Å². The summed E-state index contributed by atoms with van der Waals surface area (Å²) in [4.78, 5) is 19.8. The van der Waals surface area contributed by atoms with E-state index in [0.29, 0.717) is 10.8 Å². The van der Waals surface area contributed by atoms with Crippen molar-refractivity contribution >= 4 is 28.6 Å². The number of para-hydroxylation sites is 1. The molecule has 27 heavy (non-hydrogen) atoms. The Morgan fingerprint density at radius 2 is 2.07 bits per heavy atom. The van der Waals surface area contributed by atoms with E-state index >= 15 is 0 Å². The normalized spacial score (nSPS) is 18.0. The Bertz CT molecular complexity index is 797. The highest BCUT2D eigenvalue weighted by molar-refractivity contribution is 7.13. The van der Waals surface area contributed by atoms with Gasteiger partial charge < -0.3 is 15.5 Å². The summed E-state index contributed by atoms with van der Waals surface area (Å²) in [5.74, 6) is -0.0524. The number of rotatable bonds is 5. The fourth-order valence-corrected chi connectivity index (χ4v) is 4.80. The van der Waals surface area contributed by atoms with Gasteiger partial charge >= 0.3 is 0 Å². The number of carbonyl (C=O) groups is 1. The largest absolute Gasteiger partial charge is 0.370 e. The van der Waals surface area contributed by atoms with Crippen molar-refractivity contribution in [2.75, 3.05) is 36.4 Å². The highest BCUT2D eigenvalue weighted by Crippen LogP contribution is 2.32. The molecule has 2 saturated heterocycles. The van der Waals surface area contributed by atoms with Gasteiger partial charge in [-0.1, -0.05) is 6.07 Å². The summed E-state index contributed by atoms with van der Waals surface area (Å²) in [6, 6.07) is 4.96. The number of amides is 1. The van der Waals surface area contributed by atoms with Crippen molar-refractivity contribution in [1.29, 1.82) is 0 Å². The van der Waals surface area contributed by atoms with Gasteiger partial charge in [0.1, 0.15) is 16.4 Å². The highest BCUT2D eigenvalue weighted by Gasteiger charge is 2.22. The monoisotopic (exact) mass is 388 g/mol. The van der Waals surface area contributed by atoms with Crippen molar-refractivity contribution in [3.05, 3.63) is 40.1 Å². The minimum atomic E-state index is -0.396. The number of hydrogen-bond acceptors (Lipinski definition) is 5. The Kier molecular flexibility index (Phi) is 5.69. The number of hydrogen-bond donors (Lipinski definition) is 2. The van der Waals surface area contributed by atoms with Crippen molar-refractivity contribution in [3.63, 3.8) is 0 Å². The number of nitrogens with one attached hydrogen (secondary N) is 2. The molecule has 0 saturated carbocycles. The van der Waals surface area contributed by atoms with Gasteiger partial charge in [0.15, 0.2) is 0 Å². The van der Waals surface area contributed by atoms with Gasteiger partial charge in [-0.15, -0.1) is 11.3 Å². The molecule has 4 rings (SSSR count). The van der Waals surface area contributed by atoms with Gasteiger partial charge in [0.25, 0.3) is 5.91 Å². The second-order valence-corrected chi connectivity index (χ2v) is 8.41. The van der Waals surface area contributed by atoms with Crippen molar-refractivity contribution in [2.45, 2.75) is 32.1 Å². The lowest BCUT2D eigenvalue weighted by Crippen LogP contribution is -2.28. The number of halogens is 1. The van der Waals surface area contributed by atoms with Gasteiger partial charge in [-0.05, 0) is 56.8 Å². The molecule has 144 valence electrons. The van der Waals surface area contributed by atoms with Crippen LogP contribution in [0.1, 0.15) is 40.4 Å². The molecule has 2 N–H and O–H groups in total. The van der Waals surface area contributed by atoms with Crippen LogP contribution in [-0.4, -0.2) is 37.1 Å². The summed E-state index contributed by atoms with van der Waals surface area (Å²) in [7, 11) is 0. The number of nitrogens with zero attached hydrogens (tertiary/aromatic N) is 2. The van der Waals surface area contributed by atoms with E-state index in [0.717, 1.165) is 69.0 Å². The van der Waals surface area contributed by atoms with Crippen molar-refractivity contribution < 1.29 is 9.18 Å². The number of anilines is 2. The van der Waals surface area contributed by atoms with Crippen molar-refractivity contribution in [2.24, 2.45) is 5.92 Å². The smallest absolute Gasteiger partial charge is 0.267 e. The zero-order valence-electron chi connectivity index (χ0n) is 15.3. The van der Waals surface area contributed by atoms with Crippen molar-refractivity contribution in [3.8, 4) is 0 Å². The predicted octanol–water partition coefficient (Wildman–Crippen LogP) is 3.68. The van der Waals surface area contributed by atoms with Crippen LogP contribution in [0.5, 0.6) is 0 Å². The van der Waals surface area contributed by atoms with Crippen LogP contribution in [0.25, 0.3) is 0 Å². The summed E-state index contributed by atoms with van der Waals surface area (Å²) in [5.41, 5.74) is 1.04. The maximum atomic E-state index is 14.4. The Labute approximate surface area is 163 Å². The summed E-state index contributed by atoms with van der Waals surface area (Å²) in [6.07, 6.45) is 7.02. The van der Waals surface area contributed by atoms with Gasteiger partial charge in [0, 0.05) is 19.5 Å². The van der Waals surface area contributed by atoms with Gasteiger partial charge in [-0.25, -0.2) is 9.37 Å². The van der Waals surface area contributed by atoms with Crippen LogP contribution in [0.15, 0.2) is 24.4 Å². The first kappa shape index (κ1) is 18.4. The lowest BCUT2D eigenvalue weighted by molar-refractivity contribution is 0.103. The average Bonchev–Trinajstić information content (AvgIpc) is 3.36.